The molecule has 0 bridgehead atoms. The first kappa shape index (κ1) is 14.3. The first-order valence-corrected chi connectivity index (χ1v) is 6.29. The van der Waals surface area contributed by atoms with Crippen molar-refractivity contribution < 1.29 is 14.8 Å². The molecule has 1 N–H and O–H groups in total. The van der Waals surface area contributed by atoms with E-state index in [1.54, 1.807) is 24.3 Å². The van der Waals surface area contributed by atoms with Crippen molar-refractivity contribution in [2.45, 2.75) is 6.42 Å². The van der Waals surface area contributed by atoms with Gasteiger partial charge in [-0.25, -0.2) is 0 Å². The number of ether oxygens (including phenoxy) is 1. The Labute approximate surface area is 120 Å². The van der Waals surface area contributed by atoms with Crippen LogP contribution >= 0.6 is 11.6 Å². The zero-order valence-electron chi connectivity index (χ0n) is 10.5. The van der Waals surface area contributed by atoms with E-state index in [9.17, 15) is 10.1 Å². The quantitative estimate of drug-likeness (QED) is 0.675. The van der Waals surface area contributed by atoms with Gasteiger partial charge in [-0.3, -0.25) is 10.1 Å². The molecule has 0 radical (unpaired) electrons. The molecule has 0 aliphatic rings. The summed E-state index contributed by atoms with van der Waals surface area (Å²) in [5.74, 6) is 0.564. The van der Waals surface area contributed by atoms with Crippen LogP contribution in [0.5, 0.6) is 11.5 Å². The van der Waals surface area contributed by atoms with Gasteiger partial charge in [-0.05, 0) is 30.2 Å². The summed E-state index contributed by atoms with van der Waals surface area (Å²) in [6.45, 7) is 0.0694. The third-order valence-corrected chi connectivity index (χ3v) is 2.91. The van der Waals surface area contributed by atoms with E-state index in [2.05, 4.69) is 0 Å². The predicted octanol–water partition coefficient (Wildman–Crippen LogP) is 3.58. The summed E-state index contributed by atoms with van der Waals surface area (Å²) in [6, 6.07) is 11.1. The minimum absolute atomic E-state index is 0.0694. The van der Waals surface area contributed by atoms with E-state index < -0.39 is 4.92 Å². The number of nitrogens with zero attached hydrogens (tertiary/aromatic N) is 1. The molecule has 0 aliphatic carbocycles. The Morgan fingerprint density at radius 3 is 2.50 bits per heavy atom. The van der Waals surface area contributed by atoms with Gasteiger partial charge in [0.15, 0.2) is 0 Å². The highest BCUT2D eigenvalue weighted by molar-refractivity contribution is 6.30. The molecule has 5 nitrogen and oxygen atoms in total. The van der Waals surface area contributed by atoms with Gasteiger partial charge in [-0.2, -0.15) is 0 Å². The summed E-state index contributed by atoms with van der Waals surface area (Å²) in [5.41, 5.74) is 0.814. The zero-order chi connectivity index (χ0) is 14.5. The lowest BCUT2D eigenvalue weighted by atomic mass is 10.1. The van der Waals surface area contributed by atoms with Gasteiger partial charge >= 0.3 is 5.69 Å². The first-order chi connectivity index (χ1) is 9.60. The summed E-state index contributed by atoms with van der Waals surface area (Å²) in [7, 11) is 0. The number of aliphatic hydroxyl groups is 1. The molecule has 0 unspecified atom stereocenters. The highest BCUT2D eigenvalue weighted by atomic mass is 35.5. The molecule has 0 atom stereocenters. The van der Waals surface area contributed by atoms with Crippen LogP contribution in [0, 0.1) is 10.1 Å². The Morgan fingerprint density at radius 2 is 1.90 bits per heavy atom. The van der Waals surface area contributed by atoms with Crippen LogP contribution in [0.25, 0.3) is 0 Å². The van der Waals surface area contributed by atoms with E-state index in [0.717, 1.165) is 5.56 Å². The molecule has 104 valence electrons. The highest BCUT2D eigenvalue weighted by Gasteiger charge is 2.16. The fourth-order valence-corrected chi connectivity index (χ4v) is 1.86. The molecule has 0 fully saturated rings. The zero-order valence-corrected chi connectivity index (χ0v) is 11.2. The van der Waals surface area contributed by atoms with Crippen molar-refractivity contribution in [3.8, 4) is 11.5 Å². The minimum Gasteiger partial charge on any atom is -0.450 e. The molecule has 6 heteroatoms. The predicted molar refractivity (Wildman–Crippen MR) is 75.4 cm³/mol. The van der Waals surface area contributed by atoms with Crippen LogP contribution in [-0.4, -0.2) is 16.6 Å². The lowest BCUT2D eigenvalue weighted by Crippen LogP contribution is -1.94. The highest BCUT2D eigenvalue weighted by Crippen LogP contribution is 2.33. The van der Waals surface area contributed by atoms with E-state index in [-0.39, 0.29) is 18.0 Å². The van der Waals surface area contributed by atoms with E-state index in [4.69, 9.17) is 21.4 Å². The standard InChI is InChI=1S/C14H12ClNO4/c15-11-3-6-13(16(18)19)14(9-11)20-12-4-1-10(2-5-12)7-8-17/h1-6,9,17H,7-8H2. The van der Waals surface area contributed by atoms with Crippen molar-refractivity contribution in [3.05, 3.63) is 63.2 Å². The van der Waals surface area contributed by atoms with Gasteiger partial charge < -0.3 is 9.84 Å². The fraction of sp³-hybridized carbons (Fsp3) is 0.143. The monoisotopic (exact) mass is 293 g/mol. The van der Waals surface area contributed by atoms with E-state index in [1.165, 1.54) is 18.2 Å². The Morgan fingerprint density at radius 1 is 1.20 bits per heavy atom. The summed E-state index contributed by atoms with van der Waals surface area (Å²) < 4.78 is 5.50. The molecule has 2 aromatic rings. The molecule has 0 spiro atoms. The Kier molecular flexibility index (Phi) is 4.55. The summed E-state index contributed by atoms with van der Waals surface area (Å²) >= 11 is 5.82. The second-order valence-electron chi connectivity index (χ2n) is 4.09. The maximum atomic E-state index is 10.9. The van der Waals surface area contributed by atoms with Crippen molar-refractivity contribution in [2.24, 2.45) is 0 Å². The van der Waals surface area contributed by atoms with Gasteiger partial charge in [0.25, 0.3) is 0 Å². The Balaban J connectivity index is 2.25. The average molecular weight is 294 g/mol. The molecule has 0 aliphatic heterocycles. The number of hydrogen-bond donors (Lipinski definition) is 1. The molecule has 0 heterocycles. The van der Waals surface area contributed by atoms with Crippen LogP contribution in [0.15, 0.2) is 42.5 Å². The van der Waals surface area contributed by atoms with Crippen molar-refractivity contribution >= 4 is 17.3 Å². The van der Waals surface area contributed by atoms with Crippen LogP contribution in [0.4, 0.5) is 5.69 Å². The number of aliphatic hydroxyl groups excluding tert-OH is 1. The SMILES string of the molecule is O=[N+]([O-])c1ccc(Cl)cc1Oc1ccc(CCO)cc1. The number of benzene rings is 2. The lowest BCUT2D eigenvalue weighted by molar-refractivity contribution is -0.385. The second kappa shape index (κ2) is 6.36. The third-order valence-electron chi connectivity index (χ3n) is 2.67. The van der Waals surface area contributed by atoms with Gasteiger partial charge in [0.1, 0.15) is 5.75 Å². The van der Waals surface area contributed by atoms with Gasteiger partial charge in [-0.1, -0.05) is 23.7 Å². The number of halogens is 1. The average Bonchev–Trinajstić information content (AvgIpc) is 2.41. The van der Waals surface area contributed by atoms with Gasteiger partial charge in [0.2, 0.25) is 5.75 Å². The van der Waals surface area contributed by atoms with Crippen LogP contribution in [0.3, 0.4) is 0 Å². The molecular formula is C14H12ClNO4. The van der Waals surface area contributed by atoms with Crippen molar-refractivity contribution in [3.63, 3.8) is 0 Å². The minimum atomic E-state index is -0.522. The van der Waals surface area contributed by atoms with Gasteiger partial charge in [0, 0.05) is 23.8 Å². The first-order valence-electron chi connectivity index (χ1n) is 5.92. The van der Waals surface area contributed by atoms with E-state index >= 15 is 0 Å². The molecule has 0 amide bonds. The fourth-order valence-electron chi connectivity index (χ4n) is 1.70. The largest absolute Gasteiger partial charge is 0.450 e. The summed E-state index contributed by atoms with van der Waals surface area (Å²) in [4.78, 5) is 10.4. The number of nitro benzene ring substituents is 1. The van der Waals surface area contributed by atoms with Gasteiger partial charge in [0.05, 0.1) is 4.92 Å². The number of hydrogen-bond acceptors (Lipinski definition) is 4. The maximum absolute atomic E-state index is 10.9. The molecule has 2 aromatic carbocycles. The maximum Gasteiger partial charge on any atom is 0.311 e. The number of rotatable bonds is 5. The van der Waals surface area contributed by atoms with Crippen molar-refractivity contribution in [1.82, 2.24) is 0 Å². The van der Waals surface area contributed by atoms with Crippen LogP contribution < -0.4 is 4.74 Å². The topological polar surface area (TPSA) is 72.6 Å². The molecule has 2 rings (SSSR count). The summed E-state index contributed by atoms with van der Waals surface area (Å²) in [5, 5.41) is 20.1. The van der Waals surface area contributed by atoms with Crippen LogP contribution in [0.1, 0.15) is 5.56 Å². The lowest BCUT2D eigenvalue weighted by Gasteiger charge is -2.07. The Bertz CT molecular complexity index is 613. The van der Waals surface area contributed by atoms with Crippen molar-refractivity contribution in [1.29, 1.82) is 0 Å². The number of nitro groups is 1. The molecule has 0 saturated heterocycles. The Hall–Kier alpha value is -2.11. The molecular weight excluding hydrogens is 282 g/mol. The normalized spacial score (nSPS) is 10.3. The molecule has 0 aromatic heterocycles. The van der Waals surface area contributed by atoms with E-state index in [1.807, 2.05) is 0 Å². The third kappa shape index (κ3) is 3.46. The second-order valence-corrected chi connectivity index (χ2v) is 4.53. The molecule has 0 saturated carbocycles. The molecule has 20 heavy (non-hydrogen) atoms. The van der Waals surface area contributed by atoms with Crippen LogP contribution in [0.2, 0.25) is 5.02 Å². The van der Waals surface area contributed by atoms with Gasteiger partial charge in [-0.15, -0.1) is 0 Å². The van der Waals surface area contributed by atoms with Crippen LogP contribution in [-0.2, 0) is 6.42 Å². The van der Waals surface area contributed by atoms with Crippen molar-refractivity contribution in [2.75, 3.05) is 6.61 Å². The smallest absolute Gasteiger partial charge is 0.311 e. The summed E-state index contributed by atoms with van der Waals surface area (Å²) in [6.07, 6.45) is 0.553. The van der Waals surface area contributed by atoms with E-state index in [0.29, 0.717) is 17.2 Å².